The Bertz CT molecular complexity index is 1020. The van der Waals surface area contributed by atoms with E-state index in [9.17, 15) is 19.2 Å². The van der Waals surface area contributed by atoms with Gasteiger partial charge < -0.3 is 19.1 Å². The molecule has 32 heavy (non-hydrogen) atoms. The molecule has 0 bridgehead atoms. The quantitative estimate of drug-likeness (QED) is 0.614. The van der Waals surface area contributed by atoms with Crippen LogP contribution in [0.2, 0.25) is 0 Å². The molecule has 0 aliphatic carbocycles. The van der Waals surface area contributed by atoms with Gasteiger partial charge >= 0.3 is 5.97 Å². The van der Waals surface area contributed by atoms with Gasteiger partial charge in [0.15, 0.2) is 0 Å². The molecule has 1 unspecified atom stereocenters. The van der Waals surface area contributed by atoms with Crippen molar-refractivity contribution in [3.05, 3.63) is 70.1 Å². The van der Waals surface area contributed by atoms with Crippen molar-refractivity contribution in [2.24, 2.45) is 5.92 Å². The molecule has 3 rings (SSSR count). The number of carbonyl (C=O) groups excluding carboxylic acids is 3. The van der Waals surface area contributed by atoms with Gasteiger partial charge in [0.1, 0.15) is 5.56 Å². The number of rotatable bonds is 7. The van der Waals surface area contributed by atoms with Gasteiger partial charge in [0.25, 0.3) is 11.5 Å². The zero-order valence-electron chi connectivity index (χ0n) is 18.5. The Labute approximate surface area is 187 Å². The van der Waals surface area contributed by atoms with Crippen LogP contribution in [0.15, 0.2) is 53.5 Å². The number of likely N-dealkylation sites (N-methyl/N-ethyl adjacent to an activating group) is 1. The number of pyridine rings is 1. The average molecular weight is 440 g/mol. The Morgan fingerprint density at radius 3 is 2.59 bits per heavy atom. The lowest BCUT2D eigenvalue weighted by Gasteiger charge is -2.32. The van der Waals surface area contributed by atoms with Crippen molar-refractivity contribution in [2.45, 2.75) is 26.3 Å². The lowest BCUT2D eigenvalue weighted by atomic mass is 9.98. The third-order valence-electron chi connectivity index (χ3n) is 5.56. The van der Waals surface area contributed by atoms with Crippen LogP contribution in [0.25, 0.3) is 0 Å². The van der Waals surface area contributed by atoms with Gasteiger partial charge in [-0.1, -0.05) is 30.3 Å². The number of amides is 2. The predicted molar refractivity (Wildman–Crippen MR) is 119 cm³/mol. The van der Waals surface area contributed by atoms with E-state index < -0.39 is 11.5 Å². The molecule has 2 heterocycles. The summed E-state index contributed by atoms with van der Waals surface area (Å²) in [7, 11) is 1.50. The SMILES string of the molecule is CCOC(=O)C1CCCN(C(=O)CN(C)C(=O)c2cccn(Cc3ccccc3)c2=O)C1. The number of piperidine rings is 1. The van der Waals surface area contributed by atoms with Gasteiger partial charge in [0.05, 0.1) is 25.6 Å². The number of carbonyl (C=O) groups is 3. The molecule has 1 saturated heterocycles. The fourth-order valence-electron chi connectivity index (χ4n) is 3.84. The number of benzene rings is 1. The summed E-state index contributed by atoms with van der Waals surface area (Å²) in [6.45, 7) is 3.07. The van der Waals surface area contributed by atoms with E-state index in [-0.39, 0.29) is 36.4 Å². The van der Waals surface area contributed by atoms with Crippen molar-refractivity contribution in [2.75, 3.05) is 33.3 Å². The number of hydrogen-bond donors (Lipinski definition) is 0. The van der Waals surface area contributed by atoms with E-state index in [2.05, 4.69) is 0 Å². The molecule has 1 aliphatic rings. The zero-order chi connectivity index (χ0) is 23.1. The van der Waals surface area contributed by atoms with Gasteiger partial charge in [0, 0.05) is 26.3 Å². The van der Waals surface area contributed by atoms with E-state index in [1.54, 1.807) is 24.1 Å². The maximum absolute atomic E-state index is 12.9. The molecule has 2 aromatic rings. The number of likely N-dealkylation sites (tertiary alicyclic amines) is 1. The Morgan fingerprint density at radius 1 is 1.12 bits per heavy atom. The summed E-state index contributed by atoms with van der Waals surface area (Å²) < 4.78 is 6.55. The van der Waals surface area contributed by atoms with Crippen LogP contribution in [0, 0.1) is 5.92 Å². The van der Waals surface area contributed by atoms with Crippen molar-refractivity contribution in [3.8, 4) is 0 Å². The van der Waals surface area contributed by atoms with Gasteiger partial charge in [-0.3, -0.25) is 19.2 Å². The van der Waals surface area contributed by atoms with Crippen LogP contribution in [0.3, 0.4) is 0 Å². The van der Waals surface area contributed by atoms with Gasteiger partial charge in [-0.25, -0.2) is 0 Å². The van der Waals surface area contributed by atoms with E-state index >= 15 is 0 Å². The molecular formula is C24H29N3O5. The molecular weight excluding hydrogens is 410 g/mol. The molecule has 170 valence electrons. The molecule has 0 saturated carbocycles. The number of hydrogen-bond acceptors (Lipinski definition) is 5. The Hall–Kier alpha value is -3.42. The summed E-state index contributed by atoms with van der Waals surface area (Å²) in [5.74, 6) is -1.40. The van der Waals surface area contributed by atoms with Crippen LogP contribution in [-0.4, -0.2) is 65.4 Å². The van der Waals surface area contributed by atoms with Gasteiger partial charge in [-0.2, -0.15) is 0 Å². The molecule has 1 aromatic heterocycles. The Morgan fingerprint density at radius 2 is 1.88 bits per heavy atom. The second-order valence-corrected chi connectivity index (χ2v) is 7.93. The molecule has 8 heteroatoms. The summed E-state index contributed by atoms with van der Waals surface area (Å²) in [6.07, 6.45) is 3.03. The predicted octanol–water partition coefficient (Wildman–Crippen LogP) is 1.77. The van der Waals surface area contributed by atoms with Crippen molar-refractivity contribution in [1.82, 2.24) is 14.4 Å². The number of ether oxygens (including phenoxy) is 1. The number of nitrogens with zero attached hydrogens (tertiary/aromatic N) is 3. The number of esters is 1. The normalized spacial score (nSPS) is 15.8. The van der Waals surface area contributed by atoms with E-state index in [1.807, 2.05) is 30.3 Å². The largest absolute Gasteiger partial charge is 0.466 e. The van der Waals surface area contributed by atoms with Crippen molar-refractivity contribution >= 4 is 17.8 Å². The monoisotopic (exact) mass is 439 g/mol. The van der Waals surface area contributed by atoms with Crippen LogP contribution >= 0.6 is 0 Å². The highest BCUT2D eigenvalue weighted by molar-refractivity contribution is 5.96. The van der Waals surface area contributed by atoms with Gasteiger partial charge in [0.2, 0.25) is 5.91 Å². The first-order valence-electron chi connectivity index (χ1n) is 10.8. The molecule has 1 aromatic carbocycles. The first kappa shape index (κ1) is 23.2. The molecule has 0 radical (unpaired) electrons. The highest BCUT2D eigenvalue weighted by Gasteiger charge is 2.30. The maximum atomic E-state index is 12.9. The number of aromatic nitrogens is 1. The van der Waals surface area contributed by atoms with Crippen molar-refractivity contribution in [1.29, 1.82) is 0 Å². The molecule has 0 N–H and O–H groups in total. The van der Waals surface area contributed by atoms with Gasteiger partial charge in [-0.15, -0.1) is 0 Å². The van der Waals surface area contributed by atoms with Crippen LogP contribution < -0.4 is 5.56 Å². The third-order valence-corrected chi connectivity index (χ3v) is 5.56. The second-order valence-electron chi connectivity index (χ2n) is 7.93. The topological polar surface area (TPSA) is 88.9 Å². The average Bonchev–Trinajstić information content (AvgIpc) is 2.81. The first-order chi connectivity index (χ1) is 15.4. The molecule has 1 fully saturated rings. The lowest BCUT2D eigenvalue weighted by Crippen LogP contribution is -2.47. The summed E-state index contributed by atoms with van der Waals surface area (Å²) in [4.78, 5) is 53.4. The molecule has 8 nitrogen and oxygen atoms in total. The van der Waals surface area contributed by atoms with E-state index in [4.69, 9.17) is 4.74 Å². The zero-order valence-corrected chi connectivity index (χ0v) is 18.5. The van der Waals surface area contributed by atoms with Crippen LogP contribution in [0.5, 0.6) is 0 Å². The summed E-state index contributed by atoms with van der Waals surface area (Å²) in [5, 5.41) is 0. The standard InChI is InChI=1S/C24H29N3O5/c1-3-32-24(31)19-11-7-13-26(16-19)21(28)17-25(2)22(29)20-12-8-14-27(23(20)30)15-18-9-5-4-6-10-18/h4-6,8-10,12,14,19H,3,7,11,13,15-17H2,1-2H3. The first-order valence-corrected chi connectivity index (χ1v) is 10.8. The highest BCUT2D eigenvalue weighted by atomic mass is 16.5. The van der Waals surface area contributed by atoms with E-state index in [0.717, 1.165) is 5.56 Å². The minimum Gasteiger partial charge on any atom is -0.466 e. The van der Waals surface area contributed by atoms with E-state index in [1.165, 1.54) is 22.6 Å². The lowest BCUT2D eigenvalue weighted by molar-refractivity contribution is -0.151. The maximum Gasteiger partial charge on any atom is 0.310 e. The Balaban J connectivity index is 1.65. The highest BCUT2D eigenvalue weighted by Crippen LogP contribution is 2.18. The molecule has 0 spiro atoms. The van der Waals surface area contributed by atoms with Crippen molar-refractivity contribution in [3.63, 3.8) is 0 Å². The molecule has 2 amide bonds. The van der Waals surface area contributed by atoms with Crippen LogP contribution in [-0.2, 0) is 20.9 Å². The summed E-state index contributed by atoms with van der Waals surface area (Å²) >= 11 is 0. The van der Waals surface area contributed by atoms with E-state index in [0.29, 0.717) is 32.5 Å². The van der Waals surface area contributed by atoms with Gasteiger partial charge in [-0.05, 0) is 37.5 Å². The van der Waals surface area contributed by atoms with Crippen molar-refractivity contribution < 1.29 is 19.1 Å². The van der Waals surface area contributed by atoms with Crippen LogP contribution in [0.1, 0.15) is 35.7 Å². The second kappa shape index (κ2) is 10.7. The smallest absolute Gasteiger partial charge is 0.310 e. The third kappa shape index (κ3) is 5.63. The minimum atomic E-state index is -0.510. The van der Waals surface area contributed by atoms with Crippen LogP contribution in [0.4, 0.5) is 0 Å². The fourth-order valence-corrected chi connectivity index (χ4v) is 3.84. The fraction of sp³-hybridized carbons (Fsp3) is 0.417. The molecule has 1 aliphatic heterocycles. The summed E-state index contributed by atoms with van der Waals surface area (Å²) in [6, 6.07) is 12.6. The molecule has 1 atom stereocenters. The summed E-state index contributed by atoms with van der Waals surface area (Å²) in [5.41, 5.74) is 0.562. The minimum absolute atomic E-state index is 0.0155. The Kier molecular flexibility index (Phi) is 7.81.